The van der Waals surface area contributed by atoms with Crippen LogP contribution in [0, 0.1) is 0 Å². The molecular formula is C24H25ClF2N7O+. The maximum Gasteiger partial charge on any atom is 0.320 e. The molecular weight excluding hydrogens is 476 g/mol. The zero-order valence-corrected chi connectivity index (χ0v) is 20.0. The van der Waals surface area contributed by atoms with Crippen LogP contribution in [-0.4, -0.2) is 49.7 Å². The molecule has 3 aliphatic rings. The number of rotatable bonds is 4. The Labute approximate surface area is 205 Å². The molecule has 1 saturated carbocycles. The number of fused-ring (bicyclic) bond motifs is 1. The molecule has 0 spiro atoms. The van der Waals surface area contributed by atoms with Gasteiger partial charge in [0.25, 0.3) is 12.1 Å². The van der Waals surface area contributed by atoms with Gasteiger partial charge in [-0.2, -0.15) is 9.78 Å². The standard InChI is InChI=1S/C24H24ClF2N7O/c1-12-10-17(11-29-34-22(12)31-32-23(34)21(26)27)33-20(14-6-8-15(25)9-7-14)18(13(2)28)19(24(33)35)30-16-4-3-5-16/h6-11,16-17,20-21H,3-5,28H2,1-2H3/p+1/t17-,20?/m0/s1. The number of nitrogens with one attached hydrogen (secondary N) is 1. The lowest BCUT2D eigenvalue weighted by atomic mass is 9.92. The van der Waals surface area contributed by atoms with E-state index in [2.05, 4.69) is 20.3 Å². The molecule has 1 aromatic heterocycles. The minimum Gasteiger partial charge on any atom is -0.402 e. The summed E-state index contributed by atoms with van der Waals surface area (Å²) in [6.07, 6.45) is 3.47. The first-order valence-corrected chi connectivity index (χ1v) is 11.8. The second-order valence-electron chi connectivity index (χ2n) is 9.01. The van der Waals surface area contributed by atoms with Crippen LogP contribution in [0.3, 0.4) is 0 Å². The predicted molar refractivity (Wildman–Crippen MR) is 128 cm³/mol. The average molecular weight is 501 g/mol. The number of nitrogens with two attached hydrogens (primary N) is 1. The second kappa shape index (κ2) is 8.99. The summed E-state index contributed by atoms with van der Waals surface area (Å²) in [5.41, 5.74) is 9.43. The van der Waals surface area contributed by atoms with E-state index < -0.39 is 24.3 Å². The Kier molecular flexibility index (Phi) is 6.00. The Morgan fingerprint density at radius 3 is 2.54 bits per heavy atom. The normalized spacial score (nSPS) is 25.1. The minimum absolute atomic E-state index is 0.205. The zero-order valence-electron chi connectivity index (χ0n) is 19.3. The lowest BCUT2D eigenvalue weighted by molar-refractivity contribution is -0.516. The van der Waals surface area contributed by atoms with Crippen molar-refractivity contribution in [3.63, 3.8) is 0 Å². The SMILES string of the molecule is CC1=C[C@H](N2C(=O)C(=[NH+]C3CCC3)C(=C(C)N)C2c2ccc(Cl)cc2)C=Nn2c1nnc2C(F)F. The number of hydrogen-bond donors (Lipinski definition) is 2. The molecule has 8 nitrogen and oxygen atoms in total. The lowest BCUT2D eigenvalue weighted by Crippen LogP contribution is -2.83. The molecule has 0 bridgehead atoms. The van der Waals surface area contributed by atoms with Crippen LogP contribution >= 0.6 is 11.6 Å². The van der Waals surface area contributed by atoms with Crippen molar-refractivity contribution in [2.45, 2.75) is 57.7 Å². The van der Waals surface area contributed by atoms with E-state index in [4.69, 9.17) is 17.3 Å². The summed E-state index contributed by atoms with van der Waals surface area (Å²) < 4.78 is 27.9. The topological polar surface area (TPSA) is 103 Å². The largest absolute Gasteiger partial charge is 0.402 e. The first-order chi connectivity index (χ1) is 16.8. The Bertz CT molecular complexity index is 1290. The van der Waals surface area contributed by atoms with Gasteiger partial charge in [0.2, 0.25) is 5.82 Å². The van der Waals surface area contributed by atoms with Crippen LogP contribution < -0.4 is 10.7 Å². The van der Waals surface area contributed by atoms with Crippen LogP contribution in [0.5, 0.6) is 0 Å². The molecule has 3 heterocycles. The van der Waals surface area contributed by atoms with Crippen molar-refractivity contribution in [3.8, 4) is 0 Å². The van der Waals surface area contributed by atoms with Gasteiger partial charge in [-0.15, -0.1) is 10.2 Å². The predicted octanol–water partition coefficient (Wildman–Crippen LogP) is 2.38. The number of allylic oxidation sites excluding steroid dienone is 2. The molecule has 182 valence electrons. The first kappa shape index (κ1) is 23.3. The monoisotopic (exact) mass is 500 g/mol. The van der Waals surface area contributed by atoms with E-state index in [1.165, 1.54) is 6.21 Å². The smallest absolute Gasteiger partial charge is 0.320 e. The summed E-state index contributed by atoms with van der Waals surface area (Å²) >= 11 is 6.13. The van der Waals surface area contributed by atoms with Crippen molar-refractivity contribution in [1.29, 1.82) is 0 Å². The number of amides is 1. The van der Waals surface area contributed by atoms with Crippen molar-refractivity contribution in [2.24, 2.45) is 10.8 Å². The van der Waals surface area contributed by atoms with E-state index in [1.54, 1.807) is 37.0 Å². The fraction of sp³-hybridized carbons (Fsp3) is 0.375. The molecule has 2 fully saturated rings. The van der Waals surface area contributed by atoms with Crippen LogP contribution in [0.2, 0.25) is 5.02 Å². The quantitative estimate of drug-likeness (QED) is 0.672. The first-order valence-electron chi connectivity index (χ1n) is 11.4. The number of carbonyl (C=O) groups excluding carboxylic acids is 1. The zero-order chi connectivity index (χ0) is 24.9. The number of benzene rings is 1. The number of hydrogen-bond acceptors (Lipinski definition) is 5. The summed E-state index contributed by atoms with van der Waals surface area (Å²) in [7, 11) is 0. The molecule has 5 rings (SSSR count). The third-order valence-corrected chi connectivity index (χ3v) is 6.88. The van der Waals surface area contributed by atoms with Gasteiger partial charge in [-0.05, 0) is 49.6 Å². The fourth-order valence-electron chi connectivity index (χ4n) is 4.67. The van der Waals surface area contributed by atoms with E-state index in [0.717, 1.165) is 29.5 Å². The Hall–Kier alpha value is -3.40. The van der Waals surface area contributed by atoms with Gasteiger partial charge in [-0.25, -0.2) is 13.8 Å². The molecule has 1 saturated heterocycles. The summed E-state index contributed by atoms with van der Waals surface area (Å²) in [5.74, 6) is -0.579. The van der Waals surface area contributed by atoms with Gasteiger partial charge in [0.05, 0.1) is 23.9 Å². The van der Waals surface area contributed by atoms with Gasteiger partial charge in [0.15, 0.2) is 11.9 Å². The van der Waals surface area contributed by atoms with Crippen molar-refractivity contribution < 1.29 is 18.6 Å². The molecule has 0 radical (unpaired) electrons. The van der Waals surface area contributed by atoms with E-state index in [-0.39, 0.29) is 17.8 Å². The van der Waals surface area contributed by atoms with Gasteiger partial charge >= 0.3 is 5.91 Å². The van der Waals surface area contributed by atoms with E-state index in [9.17, 15) is 13.6 Å². The van der Waals surface area contributed by atoms with Gasteiger partial charge in [-0.3, -0.25) is 4.79 Å². The third kappa shape index (κ3) is 4.05. The number of halogens is 3. The Morgan fingerprint density at radius 1 is 1.23 bits per heavy atom. The van der Waals surface area contributed by atoms with Gasteiger partial charge in [0, 0.05) is 23.6 Å². The van der Waals surface area contributed by atoms with E-state index >= 15 is 0 Å². The third-order valence-electron chi connectivity index (χ3n) is 6.62. The average Bonchev–Trinajstić information content (AvgIpc) is 3.29. The highest BCUT2D eigenvalue weighted by Crippen LogP contribution is 2.39. The highest BCUT2D eigenvalue weighted by molar-refractivity contribution is 6.46. The molecule has 1 unspecified atom stereocenters. The number of aromatic nitrogens is 3. The van der Waals surface area contributed by atoms with Crippen LogP contribution in [0.25, 0.3) is 5.57 Å². The Balaban J connectivity index is 1.65. The van der Waals surface area contributed by atoms with Gasteiger partial charge < -0.3 is 10.6 Å². The highest BCUT2D eigenvalue weighted by Gasteiger charge is 2.50. The molecule has 11 heteroatoms. The molecule has 1 amide bonds. The molecule has 1 aromatic carbocycles. The number of alkyl halides is 2. The summed E-state index contributed by atoms with van der Waals surface area (Å²) in [4.78, 5) is 19.0. The van der Waals surface area contributed by atoms with Crippen LogP contribution in [-0.2, 0) is 4.79 Å². The lowest BCUT2D eigenvalue weighted by Gasteiger charge is -2.29. The van der Waals surface area contributed by atoms with Crippen LogP contribution in [0.15, 0.2) is 46.7 Å². The molecule has 2 atom stereocenters. The Morgan fingerprint density at radius 2 is 1.94 bits per heavy atom. The highest BCUT2D eigenvalue weighted by atomic mass is 35.5. The molecule has 35 heavy (non-hydrogen) atoms. The number of nitrogens with zero attached hydrogens (tertiary/aromatic N) is 5. The maximum atomic E-state index is 13.9. The fourth-order valence-corrected chi connectivity index (χ4v) is 4.80. The molecule has 3 N–H and O–H groups in total. The minimum atomic E-state index is -2.84. The van der Waals surface area contributed by atoms with Gasteiger partial charge in [0.1, 0.15) is 0 Å². The maximum absolute atomic E-state index is 13.9. The van der Waals surface area contributed by atoms with Crippen molar-refractivity contribution in [1.82, 2.24) is 19.8 Å². The summed E-state index contributed by atoms with van der Waals surface area (Å²) in [6, 6.07) is 6.28. The molecule has 2 aliphatic heterocycles. The van der Waals surface area contributed by atoms with Crippen molar-refractivity contribution in [3.05, 3.63) is 63.8 Å². The van der Waals surface area contributed by atoms with Crippen LogP contribution in [0.1, 0.15) is 62.8 Å². The second-order valence-corrected chi connectivity index (χ2v) is 9.45. The van der Waals surface area contributed by atoms with Crippen molar-refractivity contribution >= 4 is 35.0 Å². The summed E-state index contributed by atoms with van der Waals surface area (Å²) in [5, 5.41) is 12.3. The van der Waals surface area contributed by atoms with Gasteiger partial charge in [-0.1, -0.05) is 23.7 Å². The molecule has 2 aromatic rings. The van der Waals surface area contributed by atoms with E-state index in [1.807, 2.05) is 12.1 Å². The molecule has 1 aliphatic carbocycles. The summed E-state index contributed by atoms with van der Waals surface area (Å²) in [6.45, 7) is 3.51. The van der Waals surface area contributed by atoms with Crippen molar-refractivity contribution in [2.75, 3.05) is 0 Å². The number of carbonyl (C=O) groups is 1. The van der Waals surface area contributed by atoms with E-state index in [0.29, 0.717) is 27.6 Å². The van der Waals surface area contributed by atoms with Crippen LogP contribution in [0.4, 0.5) is 8.78 Å². The number of likely N-dealkylation sites (tertiary alicyclic amines) is 1.